The van der Waals surface area contributed by atoms with Crippen molar-refractivity contribution in [2.75, 3.05) is 6.61 Å². The highest BCUT2D eigenvalue weighted by Crippen LogP contribution is 2.17. The van der Waals surface area contributed by atoms with Crippen LogP contribution in [0.2, 0.25) is 0 Å². The summed E-state index contributed by atoms with van der Waals surface area (Å²) in [5.74, 6) is -1.94. The minimum atomic E-state index is -1.05. The van der Waals surface area contributed by atoms with Gasteiger partial charge in [-0.25, -0.2) is 0 Å². The summed E-state index contributed by atoms with van der Waals surface area (Å²) in [5, 5.41) is 0. The van der Waals surface area contributed by atoms with Gasteiger partial charge in [-0.3, -0.25) is 14.6 Å². The highest BCUT2D eigenvalue weighted by atomic mass is 127. The van der Waals surface area contributed by atoms with Crippen molar-refractivity contribution in [3.63, 3.8) is 0 Å². The number of benzene rings is 2. The van der Waals surface area contributed by atoms with Crippen LogP contribution in [0.3, 0.4) is 0 Å². The molecular formula is C19H18INO3. The van der Waals surface area contributed by atoms with Crippen LogP contribution in [0.5, 0.6) is 0 Å². The van der Waals surface area contributed by atoms with Gasteiger partial charge in [0.1, 0.15) is 0 Å². The molecular weight excluding hydrogens is 417 g/mol. The molecule has 0 aliphatic rings. The van der Waals surface area contributed by atoms with Crippen molar-refractivity contribution in [2.45, 2.75) is 13.8 Å². The van der Waals surface area contributed by atoms with E-state index in [1.165, 1.54) is 6.21 Å². The van der Waals surface area contributed by atoms with E-state index >= 15 is 0 Å². The number of Topliss-reactive ketones (excluding diaryl/α,β-unsaturated/α-hetero) is 1. The third-order valence-electron chi connectivity index (χ3n) is 3.43. The van der Waals surface area contributed by atoms with Crippen molar-refractivity contribution < 1.29 is 14.3 Å². The van der Waals surface area contributed by atoms with Gasteiger partial charge in [0.05, 0.1) is 12.3 Å². The number of hydrogen-bond acceptors (Lipinski definition) is 4. The first-order valence-corrected chi connectivity index (χ1v) is 8.67. The van der Waals surface area contributed by atoms with E-state index < -0.39 is 11.9 Å². The van der Waals surface area contributed by atoms with E-state index in [2.05, 4.69) is 27.6 Å². The van der Waals surface area contributed by atoms with Gasteiger partial charge in [0.15, 0.2) is 11.7 Å². The van der Waals surface area contributed by atoms with Gasteiger partial charge in [0.2, 0.25) is 0 Å². The number of aryl methyl sites for hydroxylation is 1. The lowest BCUT2D eigenvalue weighted by molar-refractivity contribution is -0.143. The molecule has 124 valence electrons. The van der Waals surface area contributed by atoms with Gasteiger partial charge < -0.3 is 4.74 Å². The van der Waals surface area contributed by atoms with Crippen LogP contribution in [0, 0.1) is 16.4 Å². The number of esters is 1. The molecule has 0 aliphatic carbocycles. The number of ketones is 1. The SMILES string of the molecule is CCOC(=O)C(C=Nc1ccc(I)cc1)C(=O)c1ccccc1C. The quantitative estimate of drug-likeness (QED) is 0.223. The third kappa shape index (κ3) is 4.74. The minimum absolute atomic E-state index is 0.216. The van der Waals surface area contributed by atoms with Gasteiger partial charge in [-0.05, 0) is 66.3 Å². The Kier molecular flexibility index (Phi) is 6.66. The molecule has 0 heterocycles. The number of hydrogen-bond donors (Lipinski definition) is 0. The molecule has 0 amide bonds. The Morgan fingerprint density at radius 1 is 1.17 bits per heavy atom. The normalized spacial score (nSPS) is 12.1. The van der Waals surface area contributed by atoms with Gasteiger partial charge in [-0.15, -0.1) is 0 Å². The first-order chi connectivity index (χ1) is 11.5. The zero-order valence-electron chi connectivity index (χ0n) is 13.5. The summed E-state index contributed by atoms with van der Waals surface area (Å²) in [7, 11) is 0. The molecule has 0 aliphatic heterocycles. The number of halogens is 1. The third-order valence-corrected chi connectivity index (χ3v) is 4.15. The Morgan fingerprint density at radius 2 is 1.83 bits per heavy atom. The van der Waals surface area contributed by atoms with Crippen molar-refractivity contribution in [2.24, 2.45) is 10.9 Å². The molecule has 2 aromatic rings. The van der Waals surface area contributed by atoms with E-state index in [1.807, 2.05) is 43.3 Å². The summed E-state index contributed by atoms with van der Waals surface area (Å²) >= 11 is 2.20. The molecule has 0 N–H and O–H groups in total. The predicted octanol–water partition coefficient (Wildman–Crippen LogP) is 4.36. The van der Waals surface area contributed by atoms with Crippen LogP contribution in [-0.2, 0) is 9.53 Å². The van der Waals surface area contributed by atoms with Crippen LogP contribution < -0.4 is 0 Å². The van der Waals surface area contributed by atoms with E-state index in [9.17, 15) is 9.59 Å². The predicted molar refractivity (Wildman–Crippen MR) is 103 cm³/mol. The highest BCUT2D eigenvalue weighted by molar-refractivity contribution is 14.1. The van der Waals surface area contributed by atoms with Crippen LogP contribution in [0.4, 0.5) is 5.69 Å². The lowest BCUT2D eigenvalue weighted by Gasteiger charge is -2.12. The molecule has 1 unspecified atom stereocenters. The molecule has 1 atom stereocenters. The zero-order chi connectivity index (χ0) is 17.5. The van der Waals surface area contributed by atoms with Crippen molar-refractivity contribution in [1.29, 1.82) is 0 Å². The molecule has 0 fully saturated rings. The number of ether oxygens (including phenoxy) is 1. The minimum Gasteiger partial charge on any atom is -0.465 e. The second-order valence-corrected chi connectivity index (χ2v) is 6.41. The van der Waals surface area contributed by atoms with Crippen molar-refractivity contribution >= 4 is 46.2 Å². The van der Waals surface area contributed by atoms with Crippen molar-refractivity contribution in [3.05, 3.63) is 63.2 Å². The van der Waals surface area contributed by atoms with Crippen LogP contribution >= 0.6 is 22.6 Å². The van der Waals surface area contributed by atoms with E-state index in [-0.39, 0.29) is 12.4 Å². The maximum absolute atomic E-state index is 12.8. The largest absolute Gasteiger partial charge is 0.465 e. The molecule has 0 saturated heterocycles. The van der Waals surface area contributed by atoms with Crippen LogP contribution in [-0.4, -0.2) is 24.6 Å². The van der Waals surface area contributed by atoms with Crippen LogP contribution in [0.1, 0.15) is 22.8 Å². The smallest absolute Gasteiger partial charge is 0.322 e. The molecule has 0 aromatic heterocycles. The van der Waals surface area contributed by atoms with E-state index in [0.717, 1.165) is 9.13 Å². The lowest BCUT2D eigenvalue weighted by atomic mass is 9.95. The maximum Gasteiger partial charge on any atom is 0.322 e. The van der Waals surface area contributed by atoms with E-state index in [0.29, 0.717) is 11.3 Å². The highest BCUT2D eigenvalue weighted by Gasteiger charge is 2.28. The standard InChI is InChI=1S/C19H18INO3/c1-3-24-19(23)17(12-21-15-10-8-14(20)9-11-15)18(22)16-7-5-4-6-13(16)2/h4-12,17H,3H2,1-2H3. The zero-order valence-corrected chi connectivity index (χ0v) is 15.7. The summed E-state index contributed by atoms with van der Waals surface area (Å²) in [6.07, 6.45) is 1.37. The first-order valence-electron chi connectivity index (χ1n) is 7.59. The summed E-state index contributed by atoms with van der Waals surface area (Å²) in [5.41, 5.74) is 2.01. The van der Waals surface area contributed by atoms with Gasteiger partial charge in [-0.2, -0.15) is 0 Å². The molecule has 0 radical (unpaired) electrons. The summed E-state index contributed by atoms with van der Waals surface area (Å²) in [4.78, 5) is 29.3. The van der Waals surface area contributed by atoms with Gasteiger partial charge in [-0.1, -0.05) is 24.3 Å². The second kappa shape index (κ2) is 8.73. The Labute approximate surface area is 155 Å². The van der Waals surface area contributed by atoms with Crippen molar-refractivity contribution in [3.8, 4) is 0 Å². The van der Waals surface area contributed by atoms with Gasteiger partial charge >= 0.3 is 5.97 Å². The Bertz CT molecular complexity index is 753. The van der Waals surface area contributed by atoms with E-state index in [1.54, 1.807) is 19.1 Å². The summed E-state index contributed by atoms with van der Waals surface area (Å²) in [6.45, 7) is 3.77. The number of aliphatic imine (C=N–C) groups is 1. The molecule has 0 spiro atoms. The molecule has 0 bridgehead atoms. The van der Waals surface area contributed by atoms with Crippen LogP contribution in [0.25, 0.3) is 0 Å². The average Bonchev–Trinajstić information content (AvgIpc) is 2.57. The second-order valence-electron chi connectivity index (χ2n) is 5.16. The molecule has 0 saturated carbocycles. The number of carbonyl (C=O) groups is 2. The van der Waals surface area contributed by atoms with Gasteiger partial charge in [0.25, 0.3) is 0 Å². The monoisotopic (exact) mass is 435 g/mol. The fourth-order valence-electron chi connectivity index (χ4n) is 2.17. The Hall–Kier alpha value is -2.02. The Balaban J connectivity index is 2.31. The topological polar surface area (TPSA) is 55.7 Å². The molecule has 4 nitrogen and oxygen atoms in total. The summed E-state index contributed by atoms with van der Waals surface area (Å²) in [6, 6.07) is 14.7. The first kappa shape index (κ1) is 18.3. The molecule has 5 heteroatoms. The number of nitrogens with zero attached hydrogens (tertiary/aromatic N) is 1. The Morgan fingerprint density at radius 3 is 2.46 bits per heavy atom. The average molecular weight is 435 g/mol. The fourth-order valence-corrected chi connectivity index (χ4v) is 2.53. The van der Waals surface area contributed by atoms with Crippen LogP contribution in [0.15, 0.2) is 53.5 Å². The van der Waals surface area contributed by atoms with Crippen molar-refractivity contribution in [1.82, 2.24) is 0 Å². The van der Waals surface area contributed by atoms with Gasteiger partial charge in [0, 0.05) is 15.3 Å². The van der Waals surface area contributed by atoms with E-state index in [4.69, 9.17) is 4.74 Å². The number of rotatable bonds is 6. The molecule has 2 rings (SSSR count). The summed E-state index contributed by atoms with van der Waals surface area (Å²) < 4.78 is 6.13. The number of carbonyl (C=O) groups excluding carboxylic acids is 2. The lowest BCUT2D eigenvalue weighted by Crippen LogP contribution is -2.28. The maximum atomic E-state index is 12.8. The molecule has 2 aromatic carbocycles. The molecule has 24 heavy (non-hydrogen) atoms. The fraction of sp³-hybridized carbons (Fsp3) is 0.211.